The van der Waals surface area contributed by atoms with Crippen LogP contribution in [0.1, 0.15) is 64.9 Å². The van der Waals surface area contributed by atoms with Gasteiger partial charge in [0.05, 0.1) is 5.56 Å². The monoisotopic (exact) mass is 282 g/mol. The van der Waals surface area contributed by atoms with Gasteiger partial charge >= 0.3 is 5.69 Å². The molecule has 0 spiro atoms. The summed E-state index contributed by atoms with van der Waals surface area (Å²) in [6.45, 7) is 8.32. The van der Waals surface area contributed by atoms with Crippen LogP contribution in [0.5, 0.6) is 5.88 Å². The van der Waals surface area contributed by atoms with Gasteiger partial charge in [-0.05, 0) is 18.3 Å². The first-order chi connectivity index (χ1) is 9.42. The van der Waals surface area contributed by atoms with E-state index < -0.39 is 11.2 Å². The number of aromatic nitrogens is 2. The van der Waals surface area contributed by atoms with Crippen LogP contribution in [-0.2, 0) is 6.54 Å². The van der Waals surface area contributed by atoms with E-state index >= 15 is 0 Å². The van der Waals surface area contributed by atoms with Crippen LogP contribution in [0.15, 0.2) is 9.59 Å². The molecule has 20 heavy (non-hydrogen) atoms. The van der Waals surface area contributed by atoms with Crippen LogP contribution in [0.25, 0.3) is 0 Å². The first-order valence-corrected chi connectivity index (χ1v) is 7.48. The first kappa shape index (κ1) is 16.5. The molecule has 114 valence electrons. The molecular weight excluding hydrogens is 256 g/mol. The lowest BCUT2D eigenvalue weighted by molar-refractivity contribution is 0.330. The van der Waals surface area contributed by atoms with Crippen molar-refractivity contribution in [3.8, 4) is 5.88 Å². The second-order valence-electron chi connectivity index (χ2n) is 5.68. The highest BCUT2D eigenvalue weighted by Crippen LogP contribution is 2.22. The van der Waals surface area contributed by atoms with Gasteiger partial charge in [-0.25, -0.2) is 4.79 Å². The smallest absolute Gasteiger partial charge is 0.331 e. The van der Waals surface area contributed by atoms with E-state index in [0.29, 0.717) is 12.5 Å². The third kappa shape index (κ3) is 3.74. The Labute approximate surface area is 119 Å². The highest BCUT2D eigenvalue weighted by Gasteiger charge is 2.18. The van der Waals surface area contributed by atoms with Gasteiger partial charge in [0.2, 0.25) is 5.88 Å². The predicted molar refractivity (Wildman–Crippen MR) is 80.4 cm³/mol. The van der Waals surface area contributed by atoms with E-state index in [2.05, 4.69) is 18.8 Å². The average Bonchev–Trinajstić information content (AvgIpc) is 2.37. The van der Waals surface area contributed by atoms with Gasteiger partial charge in [-0.3, -0.25) is 14.3 Å². The van der Waals surface area contributed by atoms with Crippen molar-refractivity contribution in [2.45, 2.75) is 65.8 Å². The summed E-state index contributed by atoms with van der Waals surface area (Å²) >= 11 is 0. The molecule has 0 aliphatic carbocycles. The maximum atomic E-state index is 11.9. The fourth-order valence-corrected chi connectivity index (χ4v) is 2.44. The molecule has 0 saturated heterocycles. The van der Waals surface area contributed by atoms with Gasteiger partial charge in [0, 0.05) is 6.54 Å². The van der Waals surface area contributed by atoms with E-state index in [1.54, 1.807) is 0 Å². The summed E-state index contributed by atoms with van der Waals surface area (Å²) in [6.07, 6.45) is 4.19. The fraction of sp³-hybridized carbons (Fsp3) is 0.733. The molecule has 1 rings (SSSR count). The second kappa shape index (κ2) is 7.31. The Morgan fingerprint density at radius 2 is 1.90 bits per heavy atom. The predicted octanol–water partition coefficient (Wildman–Crippen LogP) is 2.58. The zero-order valence-corrected chi connectivity index (χ0v) is 12.9. The third-order valence-corrected chi connectivity index (χ3v) is 3.77. The van der Waals surface area contributed by atoms with Gasteiger partial charge in [0.15, 0.2) is 0 Å². The number of H-pyrrole nitrogens is 1. The lowest BCUT2D eigenvalue weighted by atomic mass is 9.99. The second-order valence-corrected chi connectivity index (χ2v) is 5.68. The molecule has 0 aromatic carbocycles. The molecular formula is C15H26N2O3. The van der Waals surface area contributed by atoms with Crippen molar-refractivity contribution in [3.05, 3.63) is 26.4 Å². The Bertz CT molecular complexity index is 543. The van der Waals surface area contributed by atoms with Crippen LogP contribution >= 0.6 is 0 Å². The Balaban J connectivity index is 3.15. The van der Waals surface area contributed by atoms with Crippen molar-refractivity contribution >= 4 is 0 Å². The molecule has 0 fully saturated rings. The zero-order chi connectivity index (χ0) is 15.3. The molecule has 0 saturated carbocycles. The lowest BCUT2D eigenvalue weighted by Crippen LogP contribution is -2.34. The molecule has 5 nitrogen and oxygen atoms in total. The third-order valence-electron chi connectivity index (χ3n) is 3.77. The Hall–Kier alpha value is -1.52. The molecule has 0 aliphatic rings. The summed E-state index contributed by atoms with van der Waals surface area (Å²) in [5.74, 6) is 0.0366. The molecule has 1 aromatic heterocycles. The Morgan fingerprint density at radius 3 is 2.40 bits per heavy atom. The number of nitrogens with zero attached hydrogens (tertiary/aromatic N) is 1. The average molecular weight is 282 g/mol. The topological polar surface area (TPSA) is 75.1 Å². The van der Waals surface area contributed by atoms with Crippen molar-refractivity contribution in [1.82, 2.24) is 9.55 Å². The standard InChI is InChI=1S/C15H26N2O3/c1-5-7-8-11(6-2)9-17-14(19)12(10(3)4)13(18)16-15(17)20/h10-11,19H,5-9H2,1-4H3,(H,16,18,20). The van der Waals surface area contributed by atoms with E-state index in [1.165, 1.54) is 4.57 Å². The summed E-state index contributed by atoms with van der Waals surface area (Å²) < 4.78 is 1.31. The number of unbranched alkanes of at least 4 members (excludes halogenated alkanes) is 1. The maximum absolute atomic E-state index is 11.9. The molecule has 1 heterocycles. The number of hydrogen-bond donors (Lipinski definition) is 2. The van der Waals surface area contributed by atoms with Crippen molar-refractivity contribution in [1.29, 1.82) is 0 Å². The van der Waals surface area contributed by atoms with E-state index in [-0.39, 0.29) is 17.4 Å². The van der Waals surface area contributed by atoms with Crippen LogP contribution < -0.4 is 11.2 Å². The maximum Gasteiger partial charge on any atom is 0.331 e. The highest BCUT2D eigenvalue weighted by molar-refractivity contribution is 5.25. The number of hydrogen-bond acceptors (Lipinski definition) is 3. The first-order valence-electron chi connectivity index (χ1n) is 7.48. The summed E-state index contributed by atoms with van der Waals surface area (Å²) in [4.78, 5) is 26.0. The van der Waals surface area contributed by atoms with Gasteiger partial charge in [0.1, 0.15) is 0 Å². The van der Waals surface area contributed by atoms with Gasteiger partial charge in [0.25, 0.3) is 5.56 Å². The molecule has 0 radical (unpaired) electrons. The highest BCUT2D eigenvalue weighted by atomic mass is 16.3. The zero-order valence-electron chi connectivity index (χ0n) is 12.9. The van der Waals surface area contributed by atoms with Crippen LogP contribution in [0.4, 0.5) is 0 Å². The molecule has 5 heteroatoms. The van der Waals surface area contributed by atoms with E-state index in [4.69, 9.17) is 0 Å². The number of aromatic amines is 1. The number of aromatic hydroxyl groups is 1. The van der Waals surface area contributed by atoms with E-state index in [0.717, 1.165) is 25.7 Å². The van der Waals surface area contributed by atoms with E-state index in [9.17, 15) is 14.7 Å². The van der Waals surface area contributed by atoms with Gasteiger partial charge in [-0.15, -0.1) is 0 Å². The summed E-state index contributed by atoms with van der Waals surface area (Å²) in [6, 6.07) is 0. The molecule has 1 atom stereocenters. The van der Waals surface area contributed by atoms with Gasteiger partial charge in [-0.1, -0.05) is 47.0 Å². The SMILES string of the molecule is CCCCC(CC)Cn1c(O)c(C(C)C)c(=O)[nH]c1=O. The minimum atomic E-state index is -0.521. The molecule has 2 N–H and O–H groups in total. The largest absolute Gasteiger partial charge is 0.494 e. The van der Waals surface area contributed by atoms with Crippen LogP contribution in [0.3, 0.4) is 0 Å². The molecule has 1 aromatic rings. The van der Waals surface area contributed by atoms with Gasteiger partial charge in [-0.2, -0.15) is 0 Å². The molecule has 0 bridgehead atoms. The van der Waals surface area contributed by atoms with Crippen molar-refractivity contribution in [2.24, 2.45) is 5.92 Å². The minimum absolute atomic E-state index is 0.124. The molecule has 0 amide bonds. The quantitative estimate of drug-likeness (QED) is 0.807. The fourth-order valence-electron chi connectivity index (χ4n) is 2.44. The van der Waals surface area contributed by atoms with Crippen molar-refractivity contribution in [2.75, 3.05) is 0 Å². The van der Waals surface area contributed by atoms with Crippen LogP contribution in [0, 0.1) is 5.92 Å². The lowest BCUT2D eigenvalue weighted by Gasteiger charge is -2.18. The van der Waals surface area contributed by atoms with Crippen LogP contribution in [-0.4, -0.2) is 14.7 Å². The summed E-state index contributed by atoms with van der Waals surface area (Å²) in [5.41, 5.74) is -0.720. The summed E-state index contributed by atoms with van der Waals surface area (Å²) in [5, 5.41) is 10.2. The molecule has 0 aliphatic heterocycles. The normalized spacial score (nSPS) is 12.8. The van der Waals surface area contributed by atoms with Crippen molar-refractivity contribution < 1.29 is 5.11 Å². The van der Waals surface area contributed by atoms with E-state index in [1.807, 2.05) is 13.8 Å². The number of rotatable bonds is 7. The van der Waals surface area contributed by atoms with Crippen molar-refractivity contribution in [3.63, 3.8) is 0 Å². The van der Waals surface area contributed by atoms with Crippen LogP contribution in [0.2, 0.25) is 0 Å². The Morgan fingerprint density at radius 1 is 1.25 bits per heavy atom. The Kier molecular flexibility index (Phi) is 6.05. The summed E-state index contributed by atoms with van der Waals surface area (Å²) in [7, 11) is 0. The molecule has 1 unspecified atom stereocenters. The minimum Gasteiger partial charge on any atom is -0.494 e. The van der Waals surface area contributed by atoms with Gasteiger partial charge < -0.3 is 5.11 Å². The number of nitrogens with one attached hydrogen (secondary N) is 1.